The van der Waals surface area contributed by atoms with Crippen molar-refractivity contribution in [3.05, 3.63) is 45.7 Å². The Bertz CT molecular complexity index is 785. The van der Waals surface area contributed by atoms with Crippen molar-refractivity contribution in [1.29, 1.82) is 0 Å². The number of nitrogens with one attached hydrogen (secondary N) is 1. The van der Waals surface area contributed by atoms with Crippen molar-refractivity contribution in [2.75, 3.05) is 7.11 Å². The number of hydrogen-bond donors (Lipinski definition) is 1. The van der Waals surface area contributed by atoms with Gasteiger partial charge in [0.2, 0.25) is 0 Å². The Morgan fingerprint density at radius 2 is 2.04 bits per heavy atom. The summed E-state index contributed by atoms with van der Waals surface area (Å²) in [5.74, 6) is -0.148. The van der Waals surface area contributed by atoms with E-state index >= 15 is 0 Å². The van der Waals surface area contributed by atoms with Crippen molar-refractivity contribution >= 4 is 39.1 Å². The summed E-state index contributed by atoms with van der Waals surface area (Å²) in [6.45, 7) is 0. The van der Waals surface area contributed by atoms with E-state index in [-0.39, 0.29) is 11.9 Å². The zero-order valence-electron chi connectivity index (χ0n) is 15.4. The molecular weight excluding hydrogens is 426 g/mol. The average molecular weight is 450 g/mol. The lowest BCUT2D eigenvalue weighted by Crippen LogP contribution is -2.43. The van der Waals surface area contributed by atoms with Crippen LogP contribution < -0.4 is 5.32 Å². The molecule has 6 heteroatoms. The SMILES string of the molecule is COC(=O)C(CC1CCCCC1)NC(=O)c1ccc(Br)cc1-c1cccs1. The van der Waals surface area contributed by atoms with Gasteiger partial charge in [-0.1, -0.05) is 54.1 Å². The first-order valence-corrected chi connectivity index (χ1v) is 11.0. The summed E-state index contributed by atoms with van der Waals surface area (Å²) < 4.78 is 5.86. The largest absolute Gasteiger partial charge is 0.467 e. The number of methoxy groups -OCH3 is 1. The van der Waals surface area contributed by atoms with Crippen LogP contribution in [0.25, 0.3) is 10.4 Å². The molecule has 27 heavy (non-hydrogen) atoms. The molecule has 1 fully saturated rings. The number of carbonyl (C=O) groups is 2. The molecule has 0 aliphatic heterocycles. The highest BCUT2D eigenvalue weighted by Gasteiger charge is 2.27. The van der Waals surface area contributed by atoms with Gasteiger partial charge in [0.05, 0.1) is 7.11 Å². The van der Waals surface area contributed by atoms with E-state index in [9.17, 15) is 9.59 Å². The quantitative estimate of drug-likeness (QED) is 0.598. The van der Waals surface area contributed by atoms with Gasteiger partial charge in [0.25, 0.3) is 5.91 Å². The van der Waals surface area contributed by atoms with Crippen molar-refractivity contribution in [3.63, 3.8) is 0 Å². The Morgan fingerprint density at radius 3 is 2.70 bits per heavy atom. The highest BCUT2D eigenvalue weighted by molar-refractivity contribution is 9.10. The molecule has 0 saturated heterocycles. The minimum atomic E-state index is -0.606. The number of carbonyl (C=O) groups excluding carboxylic acids is 2. The van der Waals surface area contributed by atoms with Gasteiger partial charge < -0.3 is 10.1 Å². The summed E-state index contributed by atoms with van der Waals surface area (Å²) >= 11 is 5.06. The van der Waals surface area contributed by atoms with Crippen LogP contribution in [0.1, 0.15) is 48.9 Å². The Labute approximate surface area is 172 Å². The Kier molecular flexibility index (Phi) is 7.07. The van der Waals surface area contributed by atoms with Gasteiger partial charge in [0, 0.05) is 20.5 Å². The Hall–Kier alpha value is -1.66. The van der Waals surface area contributed by atoms with Crippen molar-refractivity contribution < 1.29 is 14.3 Å². The Morgan fingerprint density at radius 1 is 1.26 bits per heavy atom. The first-order valence-electron chi connectivity index (χ1n) is 9.30. The molecule has 1 aromatic carbocycles. The minimum Gasteiger partial charge on any atom is -0.467 e. The molecule has 4 nitrogen and oxygen atoms in total. The fourth-order valence-corrected chi connectivity index (χ4v) is 4.82. The molecular formula is C21H24BrNO3S. The molecule has 1 N–H and O–H groups in total. The van der Waals surface area contributed by atoms with Crippen LogP contribution in [-0.4, -0.2) is 25.0 Å². The van der Waals surface area contributed by atoms with Gasteiger partial charge in [0.1, 0.15) is 6.04 Å². The first kappa shape index (κ1) is 20.1. The maximum atomic E-state index is 13.0. The summed E-state index contributed by atoms with van der Waals surface area (Å²) in [6.07, 6.45) is 6.52. The number of hydrogen-bond acceptors (Lipinski definition) is 4. The van der Waals surface area contributed by atoms with Gasteiger partial charge in [-0.2, -0.15) is 0 Å². The third kappa shape index (κ3) is 5.20. The van der Waals surface area contributed by atoms with Crippen LogP contribution in [-0.2, 0) is 9.53 Å². The van der Waals surface area contributed by atoms with Gasteiger partial charge in [-0.15, -0.1) is 11.3 Å². The van der Waals surface area contributed by atoms with Gasteiger partial charge in [0.15, 0.2) is 0 Å². The van der Waals surface area contributed by atoms with Crippen molar-refractivity contribution in [3.8, 4) is 10.4 Å². The molecule has 1 saturated carbocycles. The summed E-state index contributed by atoms with van der Waals surface area (Å²) in [7, 11) is 1.37. The number of halogens is 1. The molecule has 1 heterocycles. The molecule has 0 radical (unpaired) electrons. The monoisotopic (exact) mass is 449 g/mol. The van der Waals surface area contributed by atoms with E-state index in [1.165, 1.54) is 26.4 Å². The van der Waals surface area contributed by atoms with E-state index in [2.05, 4.69) is 21.2 Å². The molecule has 3 rings (SSSR count). The van der Waals surface area contributed by atoms with E-state index in [0.717, 1.165) is 27.8 Å². The molecule has 0 bridgehead atoms. The summed E-state index contributed by atoms with van der Waals surface area (Å²) in [6, 6.07) is 8.93. The topological polar surface area (TPSA) is 55.4 Å². The van der Waals surface area contributed by atoms with Gasteiger partial charge in [-0.25, -0.2) is 4.79 Å². The average Bonchev–Trinajstić information content (AvgIpc) is 3.22. The molecule has 1 amide bonds. The van der Waals surface area contributed by atoms with E-state index < -0.39 is 6.04 Å². The molecule has 1 aliphatic carbocycles. The zero-order chi connectivity index (χ0) is 19.2. The second kappa shape index (κ2) is 9.51. The molecule has 0 spiro atoms. The van der Waals surface area contributed by atoms with E-state index in [1.54, 1.807) is 17.4 Å². The smallest absolute Gasteiger partial charge is 0.328 e. The van der Waals surface area contributed by atoms with Gasteiger partial charge in [-0.05, 0) is 42.0 Å². The number of amides is 1. The third-order valence-corrected chi connectivity index (χ3v) is 6.49. The normalized spacial score (nSPS) is 15.9. The highest BCUT2D eigenvalue weighted by atomic mass is 79.9. The zero-order valence-corrected chi connectivity index (χ0v) is 17.8. The van der Waals surface area contributed by atoms with Crippen LogP contribution >= 0.6 is 27.3 Å². The number of esters is 1. The van der Waals surface area contributed by atoms with Gasteiger partial charge >= 0.3 is 5.97 Å². The van der Waals surface area contributed by atoms with Gasteiger partial charge in [-0.3, -0.25) is 4.79 Å². The molecule has 1 aromatic heterocycles. The van der Waals surface area contributed by atoms with Crippen molar-refractivity contribution in [2.45, 2.75) is 44.6 Å². The Balaban J connectivity index is 1.80. The second-order valence-corrected chi connectivity index (χ2v) is 8.82. The standard InChI is InChI=1S/C21H24BrNO3S/c1-26-21(25)18(12-14-6-3-2-4-7-14)23-20(24)16-10-9-15(22)13-17(16)19-8-5-11-27-19/h5,8-11,13-14,18H,2-4,6-7,12H2,1H3,(H,23,24). The second-order valence-electron chi connectivity index (χ2n) is 6.96. The third-order valence-electron chi connectivity index (χ3n) is 5.10. The van der Waals surface area contributed by atoms with Crippen LogP contribution in [0.2, 0.25) is 0 Å². The molecule has 1 atom stereocenters. The molecule has 2 aromatic rings. The lowest BCUT2D eigenvalue weighted by atomic mass is 9.84. The van der Waals surface area contributed by atoms with Crippen LogP contribution in [0.5, 0.6) is 0 Å². The first-order chi connectivity index (χ1) is 13.1. The summed E-state index contributed by atoms with van der Waals surface area (Å²) in [5.41, 5.74) is 1.43. The fraction of sp³-hybridized carbons (Fsp3) is 0.429. The molecule has 144 valence electrons. The summed E-state index contributed by atoms with van der Waals surface area (Å²) in [5, 5.41) is 4.91. The van der Waals surface area contributed by atoms with Crippen LogP contribution in [0, 0.1) is 5.92 Å². The summed E-state index contributed by atoms with van der Waals surface area (Å²) in [4.78, 5) is 26.3. The highest BCUT2D eigenvalue weighted by Crippen LogP contribution is 2.31. The number of rotatable bonds is 6. The lowest BCUT2D eigenvalue weighted by Gasteiger charge is -2.26. The van der Waals surface area contributed by atoms with Crippen molar-refractivity contribution in [1.82, 2.24) is 5.32 Å². The van der Waals surface area contributed by atoms with E-state index in [4.69, 9.17) is 4.74 Å². The molecule has 1 unspecified atom stereocenters. The van der Waals surface area contributed by atoms with E-state index in [1.807, 2.05) is 29.6 Å². The predicted octanol–water partition coefficient (Wildman–Crippen LogP) is 5.42. The maximum Gasteiger partial charge on any atom is 0.328 e. The van der Waals surface area contributed by atoms with Crippen LogP contribution in [0.15, 0.2) is 40.2 Å². The lowest BCUT2D eigenvalue weighted by molar-refractivity contribution is -0.143. The predicted molar refractivity (Wildman–Crippen MR) is 112 cm³/mol. The van der Waals surface area contributed by atoms with Crippen LogP contribution in [0.4, 0.5) is 0 Å². The minimum absolute atomic E-state index is 0.239. The molecule has 1 aliphatic rings. The van der Waals surface area contributed by atoms with Crippen molar-refractivity contribution in [2.24, 2.45) is 5.92 Å². The maximum absolute atomic E-state index is 13.0. The van der Waals surface area contributed by atoms with E-state index in [0.29, 0.717) is 17.9 Å². The van der Waals surface area contributed by atoms with Crippen LogP contribution in [0.3, 0.4) is 0 Å². The number of thiophene rings is 1. The fourth-order valence-electron chi connectivity index (χ4n) is 3.70. The number of benzene rings is 1. The number of ether oxygens (including phenoxy) is 1.